The Balaban J connectivity index is 4.40. The van der Waals surface area contributed by atoms with Crippen molar-refractivity contribution in [1.82, 2.24) is 0 Å². The second-order valence-corrected chi connectivity index (χ2v) is 23.4. The van der Waals surface area contributed by atoms with Crippen molar-refractivity contribution in [2.24, 2.45) is 0 Å². The van der Waals surface area contributed by atoms with Crippen molar-refractivity contribution in [2.75, 3.05) is 13.2 Å². The molecule has 0 aromatic rings. The zero-order chi connectivity index (χ0) is 59.9. The van der Waals surface area contributed by atoms with Crippen LogP contribution in [0, 0.1) is 0 Å². The normalized spacial score (nSPS) is 12.8. The lowest BCUT2D eigenvalue weighted by Crippen LogP contribution is -2.30. The number of allylic oxidation sites excluding steroid dienone is 18. The first-order valence-electron chi connectivity index (χ1n) is 35.4. The fourth-order valence-corrected chi connectivity index (χ4v) is 9.99. The molecule has 1 atom stereocenters. The van der Waals surface area contributed by atoms with Gasteiger partial charge in [0.25, 0.3) is 0 Å². The van der Waals surface area contributed by atoms with Gasteiger partial charge in [-0.1, -0.05) is 323 Å². The van der Waals surface area contributed by atoms with Crippen molar-refractivity contribution in [2.45, 2.75) is 348 Å². The lowest BCUT2D eigenvalue weighted by Gasteiger charge is -2.18. The van der Waals surface area contributed by atoms with Crippen LogP contribution in [-0.2, 0) is 28.6 Å². The zero-order valence-corrected chi connectivity index (χ0v) is 54.7. The number of esters is 3. The van der Waals surface area contributed by atoms with E-state index >= 15 is 0 Å². The molecule has 0 aromatic heterocycles. The molecule has 1 unspecified atom stereocenters. The first kappa shape index (κ1) is 79.1. The largest absolute Gasteiger partial charge is 0.462 e. The van der Waals surface area contributed by atoms with Gasteiger partial charge in [-0.05, 0) is 109 Å². The van der Waals surface area contributed by atoms with Crippen molar-refractivity contribution in [3.63, 3.8) is 0 Å². The number of carbonyl (C=O) groups is 3. The summed E-state index contributed by atoms with van der Waals surface area (Å²) in [6.45, 7) is 6.52. The highest BCUT2D eigenvalue weighted by Gasteiger charge is 2.19. The molecule has 0 aliphatic carbocycles. The van der Waals surface area contributed by atoms with Gasteiger partial charge in [0.1, 0.15) is 13.2 Å². The molecule has 0 heterocycles. The van der Waals surface area contributed by atoms with Crippen molar-refractivity contribution in [1.29, 1.82) is 0 Å². The smallest absolute Gasteiger partial charge is 0.306 e. The van der Waals surface area contributed by atoms with Gasteiger partial charge >= 0.3 is 17.9 Å². The molecule has 0 fully saturated rings. The minimum absolute atomic E-state index is 0.0866. The van der Waals surface area contributed by atoms with Crippen molar-refractivity contribution in [3.05, 3.63) is 109 Å². The van der Waals surface area contributed by atoms with Crippen LogP contribution in [0.1, 0.15) is 342 Å². The summed E-state index contributed by atoms with van der Waals surface area (Å²) in [6.07, 6.45) is 96.7. The highest BCUT2D eigenvalue weighted by atomic mass is 16.6. The van der Waals surface area contributed by atoms with Gasteiger partial charge in [0.05, 0.1) is 0 Å². The lowest BCUT2D eigenvalue weighted by molar-refractivity contribution is -0.167. The Morgan fingerprint density at radius 2 is 0.470 bits per heavy atom. The molecular formula is C77H132O6. The van der Waals surface area contributed by atoms with Gasteiger partial charge in [-0.2, -0.15) is 0 Å². The van der Waals surface area contributed by atoms with Crippen LogP contribution in [0.15, 0.2) is 109 Å². The number of ether oxygens (including phenoxy) is 3. The molecular weight excluding hydrogens is 1020 g/mol. The average molecular weight is 1150 g/mol. The van der Waals surface area contributed by atoms with Crippen LogP contribution in [0.4, 0.5) is 0 Å². The number of unbranched alkanes of at least 4 members (excludes halogenated alkanes) is 35. The summed E-state index contributed by atoms with van der Waals surface area (Å²) in [7, 11) is 0. The third-order valence-corrected chi connectivity index (χ3v) is 15.3. The molecule has 0 amide bonds. The number of hydrogen-bond donors (Lipinski definition) is 0. The average Bonchev–Trinajstić information content (AvgIpc) is 3.49. The van der Waals surface area contributed by atoms with E-state index in [1.807, 2.05) is 0 Å². The minimum Gasteiger partial charge on any atom is -0.462 e. The Morgan fingerprint density at radius 3 is 0.759 bits per heavy atom. The molecule has 476 valence electrons. The van der Waals surface area contributed by atoms with Gasteiger partial charge in [0.15, 0.2) is 6.10 Å². The van der Waals surface area contributed by atoms with Gasteiger partial charge in [-0.15, -0.1) is 0 Å². The maximum Gasteiger partial charge on any atom is 0.306 e. The summed E-state index contributed by atoms with van der Waals surface area (Å²) in [5.41, 5.74) is 0. The maximum absolute atomic E-state index is 13.0. The third-order valence-electron chi connectivity index (χ3n) is 15.3. The Kier molecular flexibility index (Phi) is 67.2. The summed E-state index contributed by atoms with van der Waals surface area (Å²) in [5.74, 6) is -0.897. The molecule has 6 nitrogen and oxygen atoms in total. The van der Waals surface area contributed by atoms with E-state index in [0.717, 1.165) is 135 Å². The van der Waals surface area contributed by atoms with Gasteiger partial charge in [-0.3, -0.25) is 14.4 Å². The van der Waals surface area contributed by atoms with Crippen LogP contribution in [0.2, 0.25) is 0 Å². The molecule has 0 saturated carbocycles. The number of hydrogen-bond acceptors (Lipinski definition) is 6. The second-order valence-electron chi connectivity index (χ2n) is 23.4. The number of carbonyl (C=O) groups excluding carboxylic acids is 3. The van der Waals surface area contributed by atoms with E-state index < -0.39 is 6.10 Å². The van der Waals surface area contributed by atoms with Crippen LogP contribution < -0.4 is 0 Å². The van der Waals surface area contributed by atoms with E-state index in [9.17, 15) is 14.4 Å². The highest BCUT2D eigenvalue weighted by molar-refractivity contribution is 5.71. The standard InChI is InChI=1S/C77H132O6/c1-4-7-10-13-16-19-22-25-28-31-33-35-36-37-38-39-40-42-43-46-49-52-55-58-61-64-67-70-76(79)82-73-74(72-81-75(78)69-66-63-60-57-54-51-48-45-30-27-24-21-18-15-12-9-6-3)83-77(80)71-68-65-62-59-56-53-50-47-44-41-34-32-29-26-23-20-17-14-11-8-5-2/h7,10,16,18-19,21,25,27-28,30,33,35,37-38,40,42,46,49,74H,4-6,8-9,11-15,17,20,22-24,26,29,31-32,34,36,39,41,43-45,47-48,50-73H2,1-3H3/b10-7-,19-16-,21-18-,28-25-,30-27-,35-33-,38-37-,42-40-,49-46-. The predicted octanol–water partition coefficient (Wildman–Crippen LogP) is 24.6. The number of rotatable bonds is 64. The second kappa shape index (κ2) is 70.6. The molecule has 83 heavy (non-hydrogen) atoms. The molecule has 6 heteroatoms. The molecule has 0 bridgehead atoms. The van der Waals surface area contributed by atoms with Crippen LogP contribution in [0.3, 0.4) is 0 Å². The van der Waals surface area contributed by atoms with Crippen molar-refractivity contribution in [3.8, 4) is 0 Å². The third kappa shape index (κ3) is 68.7. The van der Waals surface area contributed by atoms with Crippen molar-refractivity contribution >= 4 is 17.9 Å². The van der Waals surface area contributed by atoms with Gasteiger partial charge in [-0.25, -0.2) is 0 Å². The fourth-order valence-electron chi connectivity index (χ4n) is 9.99. The fraction of sp³-hybridized carbons (Fsp3) is 0.727. The van der Waals surface area contributed by atoms with E-state index in [2.05, 4.69) is 130 Å². The highest BCUT2D eigenvalue weighted by Crippen LogP contribution is 2.17. The Hall–Kier alpha value is -3.93. The van der Waals surface area contributed by atoms with Crippen molar-refractivity contribution < 1.29 is 28.6 Å². The minimum atomic E-state index is -0.792. The molecule has 0 aliphatic heterocycles. The monoisotopic (exact) mass is 1150 g/mol. The summed E-state index contributed by atoms with van der Waals surface area (Å²) in [6, 6.07) is 0. The molecule has 0 N–H and O–H groups in total. The van der Waals surface area contributed by atoms with E-state index in [-0.39, 0.29) is 31.1 Å². The Morgan fingerprint density at radius 1 is 0.253 bits per heavy atom. The molecule has 0 saturated heterocycles. The van der Waals surface area contributed by atoms with E-state index in [1.165, 1.54) is 167 Å². The lowest BCUT2D eigenvalue weighted by atomic mass is 10.0. The first-order valence-corrected chi connectivity index (χ1v) is 35.4. The van der Waals surface area contributed by atoms with Gasteiger partial charge < -0.3 is 14.2 Å². The summed E-state index contributed by atoms with van der Waals surface area (Å²) >= 11 is 0. The molecule has 0 aromatic carbocycles. The van der Waals surface area contributed by atoms with E-state index in [4.69, 9.17) is 14.2 Å². The predicted molar refractivity (Wildman–Crippen MR) is 362 cm³/mol. The van der Waals surface area contributed by atoms with Gasteiger partial charge in [0, 0.05) is 19.3 Å². The molecule has 0 aliphatic rings. The molecule has 0 radical (unpaired) electrons. The summed E-state index contributed by atoms with van der Waals surface area (Å²) < 4.78 is 17.0. The SMILES string of the molecule is CC/C=C\C/C=C\C/C=C\C/C=C\C/C=C\C/C=C\C/C=C\CCCCCCCC(=O)OCC(COC(=O)CCCCCCCCC/C=C\C/C=C\CCCCC)OC(=O)CCCCCCCCCCCCCCCCCCCCCCC. The van der Waals surface area contributed by atoms with Crippen LogP contribution in [-0.4, -0.2) is 37.2 Å². The van der Waals surface area contributed by atoms with E-state index in [0.29, 0.717) is 19.3 Å². The van der Waals surface area contributed by atoms with Crippen LogP contribution in [0.5, 0.6) is 0 Å². The van der Waals surface area contributed by atoms with Gasteiger partial charge in [0.2, 0.25) is 0 Å². The maximum atomic E-state index is 13.0. The Bertz CT molecular complexity index is 1660. The molecule has 0 rings (SSSR count). The zero-order valence-electron chi connectivity index (χ0n) is 54.7. The summed E-state index contributed by atoms with van der Waals surface area (Å²) in [4.78, 5) is 38.5. The Labute approximate surface area is 514 Å². The summed E-state index contributed by atoms with van der Waals surface area (Å²) in [5, 5.41) is 0. The van der Waals surface area contributed by atoms with E-state index in [1.54, 1.807) is 0 Å². The quantitative estimate of drug-likeness (QED) is 0.0261. The first-order chi connectivity index (χ1) is 41.0. The molecule has 0 spiro atoms. The van der Waals surface area contributed by atoms with Crippen LogP contribution >= 0.6 is 0 Å². The topological polar surface area (TPSA) is 78.9 Å². The van der Waals surface area contributed by atoms with Crippen LogP contribution in [0.25, 0.3) is 0 Å².